The Morgan fingerprint density at radius 1 is 1.07 bits per heavy atom. The Balaban J connectivity index is 2.55. The van der Waals surface area contributed by atoms with Crippen molar-refractivity contribution in [3.8, 4) is 5.75 Å². The SMILES string of the molecule is CC(C)CCN([C@@H](C(=O)NO)C(C)C)S(=O)(=O)c1ccc2cc(O)ccc2c1. The fourth-order valence-corrected chi connectivity index (χ4v) is 4.90. The lowest BCUT2D eigenvalue weighted by Gasteiger charge is -2.32. The third-order valence-electron chi connectivity index (χ3n) is 4.65. The lowest BCUT2D eigenvalue weighted by molar-refractivity contribution is -0.134. The highest BCUT2D eigenvalue weighted by atomic mass is 32.2. The van der Waals surface area contributed by atoms with Crippen molar-refractivity contribution in [2.45, 2.75) is 45.1 Å². The van der Waals surface area contributed by atoms with Crippen molar-refractivity contribution in [1.82, 2.24) is 9.79 Å². The molecular weight excluding hydrogens is 380 g/mol. The molecule has 154 valence electrons. The predicted octanol–water partition coefficient (Wildman–Crippen LogP) is 3.11. The molecule has 1 amide bonds. The molecule has 3 N–H and O–H groups in total. The van der Waals surface area contributed by atoms with Crippen molar-refractivity contribution in [2.24, 2.45) is 11.8 Å². The van der Waals surface area contributed by atoms with Crippen LogP contribution in [0.3, 0.4) is 0 Å². The van der Waals surface area contributed by atoms with Crippen LogP contribution in [-0.2, 0) is 14.8 Å². The van der Waals surface area contributed by atoms with Gasteiger partial charge in [0.2, 0.25) is 10.0 Å². The Labute approximate surface area is 166 Å². The first kappa shape index (κ1) is 22.1. The Kier molecular flexibility index (Phi) is 7.03. The van der Waals surface area contributed by atoms with E-state index in [1.807, 2.05) is 13.8 Å². The van der Waals surface area contributed by atoms with Crippen LogP contribution >= 0.6 is 0 Å². The van der Waals surface area contributed by atoms with E-state index in [2.05, 4.69) is 0 Å². The number of fused-ring (bicyclic) bond motifs is 1. The summed E-state index contributed by atoms with van der Waals surface area (Å²) in [4.78, 5) is 12.3. The Hall–Kier alpha value is -2.16. The standard InChI is InChI=1S/C20H28N2O5S/c1-13(2)9-10-22(19(14(3)4)20(24)21-25)28(26,27)18-8-6-15-11-17(23)7-5-16(15)12-18/h5-8,11-14,19,23,25H,9-10H2,1-4H3,(H,21,24)/t19-/m1/s1. The summed E-state index contributed by atoms with van der Waals surface area (Å²) in [5, 5.41) is 20.1. The zero-order valence-corrected chi connectivity index (χ0v) is 17.4. The molecule has 0 saturated heterocycles. The first-order chi connectivity index (χ1) is 13.1. The van der Waals surface area contributed by atoms with Gasteiger partial charge in [-0.3, -0.25) is 10.0 Å². The summed E-state index contributed by atoms with van der Waals surface area (Å²) in [6.07, 6.45) is 0.572. The highest BCUT2D eigenvalue weighted by Gasteiger charge is 2.37. The third kappa shape index (κ3) is 4.81. The summed E-state index contributed by atoms with van der Waals surface area (Å²) >= 11 is 0. The average molecular weight is 409 g/mol. The van der Waals surface area contributed by atoms with Crippen LogP contribution in [0.4, 0.5) is 0 Å². The van der Waals surface area contributed by atoms with Crippen molar-refractivity contribution >= 4 is 26.7 Å². The van der Waals surface area contributed by atoms with Gasteiger partial charge in [0, 0.05) is 6.54 Å². The minimum absolute atomic E-state index is 0.0610. The van der Waals surface area contributed by atoms with Crippen molar-refractivity contribution in [2.75, 3.05) is 6.54 Å². The van der Waals surface area contributed by atoms with E-state index >= 15 is 0 Å². The normalized spacial score (nSPS) is 13.4. The number of carbonyl (C=O) groups excluding carboxylic acids is 1. The molecule has 1 atom stereocenters. The highest BCUT2D eigenvalue weighted by molar-refractivity contribution is 7.89. The molecule has 0 aliphatic carbocycles. The van der Waals surface area contributed by atoms with Gasteiger partial charge in [-0.05, 0) is 53.3 Å². The van der Waals surface area contributed by atoms with E-state index in [4.69, 9.17) is 5.21 Å². The molecule has 0 radical (unpaired) electrons. The molecule has 0 heterocycles. The molecule has 7 nitrogen and oxygen atoms in total. The third-order valence-corrected chi connectivity index (χ3v) is 6.53. The average Bonchev–Trinajstić information content (AvgIpc) is 2.63. The second-order valence-electron chi connectivity index (χ2n) is 7.66. The van der Waals surface area contributed by atoms with Gasteiger partial charge >= 0.3 is 0 Å². The lowest BCUT2D eigenvalue weighted by atomic mass is 10.0. The number of amides is 1. The first-order valence-corrected chi connectivity index (χ1v) is 10.7. The number of hydrogen-bond acceptors (Lipinski definition) is 5. The van der Waals surface area contributed by atoms with Crippen LogP contribution in [0.2, 0.25) is 0 Å². The Bertz CT molecular complexity index is 941. The fourth-order valence-electron chi connectivity index (χ4n) is 3.13. The molecule has 0 spiro atoms. The van der Waals surface area contributed by atoms with Crippen molar-refractivity contribution < 1.29 is 23.5 Å². The maximum absolute atomic E-state index is 13.4. The van der Waals surface area contributed by atoms with Crippen LogP contribution in [0.25, 0.3) is 10.8 Å². The molecule has 0 saturated carbocycles. The van der Waals surface area contributed by atoms with Crippen LogP contribution in [-0.4, -0.2) is 41.5 Å². The predicted molar refractivity (Wildman–Crippen MR) is 108 cm³/mol. The van der Waals surface area contributed by atoms with Gasteiger partial charge in [-0.25, -0.2) is 13.9 Å². The van der Waals surface area contributed by atoms with Gasteiger partial charge in [0.1, 0.15) is 11.8 Å². The van der Waals surface area contributed by atoms with E-state index in [1.165, 1.54) is 22.5 Å². The second-order valence-corrected chi connectivity index (χ2v) is 9.55. The van der Waals surface area contributed by atoms with Crippen molar-refractivity contribution in [3.05, 3.63) is 36.4 Å². The van der Waals surface area contributed by atoms with E-state index in [9.17, 15) is 18.3 Å². The number of hydroxylamine groups is 1. The smallest absolute Gasteiger partial charge is 0.262 e. The number of nitrogens with one attached hydrogen (secondary N) is 1. The summed E-state index contributed by atoms with van der Waals surface area (Å²) in [5.41, 5.74) is 1.60. The second kappa shape index (κ2) is 8.89. The van der Waals surface area contributed by atoms with Crippen LogP contribution in [0, 0.1) is 11.8 Å². The maximum atomic E-state index is 13.4. The number of sulfonamides is 1. The molecule has 8 heteroatoms. The summed E-state index contributed by atoms with van der Waals surface area (Å²) < 4.78 is 28.0. The monoisotopic (exact) mass is 408 g/mol. The number of carbonyl (C=O) groups is 1. The largest absolute Gasteiger partial charge is 0.508 e. The van der Waals surface area contributed by atoms with Crippen LogP contribution < -0.4 is 5.48 Å². The molecule has 0 fully saturated rings. The maximum Gasteiger partial charge on any atom is 0.262 e. The van der Waals surface area contributed by atoms with Crippen LogP contribution in [0.15, 0.2) is 41.3 Å². The summed E-state index contributed by atoms with van der Waals surface area (Å²) in [6.45, 7) is 7.58. The summed E-state index contributed by atoms with van der Waals surface area (Å²) in [6, 6.07) is 8.27. The Morgan fingerprint density at radius 3 is 2.25 bits per heavy atom. The number of rotatable bonds is 8. The molecule has 28 heavy (non-hydrogen) atoms. The molecule has 0 aliphatic heterocycles. The molecule has 2 rings (SSSR count). The van der Waals surface area contributed by atoms with Crippen molar-refractivity contribution in [3.63, 3.8) is 0 Å². The van der Waals surface area contributed by atoms with Gasteiger partial charge < -0.3 is 5.11 Å². The first-order valence-electron chi connectivity index (χ1n) is 9.26. The van der Waals surface area contributed by atoms with Gasteiger partial charge in [-0.15, -0.1) is 0 Å². The van der Waals surface area contributed by atoms with E-state index in [1.54, 1.807) is 37.5 Å². The quantitative estimate of drug-likeness (QED) is 0.460. The number of phenolic OH excluding ortho intramolecular Hbond substituents is 1. The number of hydrogen-bond donors (Lipinski definition) is 3. The number of aromatic hydroxyl groups is 1. The topological polar surface area (TPSA) is 107 Å². The number of benzene rings is 2. The molecule has 0 unspecified atom stereocenters. The van der Waals surface area contributed by atoms with Crippen LogP contribution in [0.1, 0.15) is 34.1 Å². The Morgan fingerprint density at radius 2 is 1.68 bits per heavy atom. The zero-order chi connectivity index (χ0) is 21.1. The molecule has 0 bridgehead atoms. The van der Waals surface area contributed by atoms with Gasteiger partial charge in [0.05, 0.1) is 4.90 Å². The lowest BCUT2D eigenvalue weighted by Crippen LogP contribution is -2.52. The van der Waals surface area contributed by atoms with Crippen LogP contribution in [0.5, 0.6) is 5.75 Å². The van der Waals surface area contributed by atoms with Gasteiger partial charge in [-0.1, -0.05) is 39.8 Å². The molecule has 0 aliphatic rings. The molecule has 2 aromatic rings. The van der Waals surface area contributed by atoms with E-state index in [0.29, 0.717) is 17.2 Å². The number of phenols is 1. The van der Waals surface area contributed by atoms with E-state index in [0.717, 1.165) is 0 Å². The van der Waals surface area contributed by atoms with Gasteiger partial charge in [-0.2, -0.15) is 4.31 Å². The minimum Gasteiger partial charge on any atom is -0.508 e. The zero-order valence-electron chi connectivity index (χ0n) is 16.6. The van der Waals surface area contributed by atoms with E-state index < -0.39 is 22.0 Å². The molecular formula is C20H28N2O5S. The molecule has 0 aromatic heterocycles. The fraction of sp³-hybridized carbons (Fsp3) is 0.450. The minimum atomic E-state index is -4.00. The summed E-state index contributed by atoms with van der Waals surface area (Å²) in [5.74, 6) is -0.761. The highest BCUT2D eigenvalue weighted by Crippen LogP contribution is 2.28. The number of nitrogens with zero attached hydrogens (tertiary/aromatic N) is 1. The summed E-state index contributed by atoms with van der Waals surface area (Å²) in [7, 11) is -4.00. The van der Waals surface area contributed by atoms with Gasteiger partial charge in [0.15, 0.2) is 0 Å². The van der Waals surface area contributed by atoms with E-state index in [-0.39, 0.29) is 29.0 Å². The molecule has 2 aromatic carbocycles. The van der Waals surface area contributed by atoms with Crippen molar-refractivity contribution in [1.29, 1.82) is 0 Å². The van der Waals surface area contributed by atoms with Gasteiger partial charge in [0.25, 0.3) is 5.91 Å².